The lowest BCUT2D eigenvalue weighted by Gasteiger charge is -2.39. The predicted molar refractivity (Wildman–Crippen MR) is 176 cm³/mol. The summed E-state index contributed by atoms with van der Waals surface area (Å²) in [7, 11) is 0. The summed E-state index contributed by atoms with van der Waals surface area (Å²) in [6.45, 7) is 15.0. The average molecular weight is 670 g/mol. The lowest BCUT2D eigenvalue weighted by molar-refractivity contribution is -0.929. The number of aryl methyl sites for hydroxylation is 2. The molecule has 5 rings (SSSR count). The van der Waals surface area contributed by atoms with Crippen molar-refractivity contribution in [3.05, 3.63) is 84.3 Å². The summed E-state index contributed by atoms with van der Waals surface area (Å²) < 4.78 is 6.00. The molecule has 0 spiro atoms. The molecule has 0 atom stereocenters. The highest BCUT2D eigenvalue weighted by Gasteiger charge is 2.24. The van der Waals surface area contributed by atoms with Crippen LogP contribution in [0.5, 0.6) is 0 Å². The lowest BCUT2D eigenvalue weighted by atomic mass is 9.86. The van der Waals surface area contributed by atoms with Gasteiger partial charge in [-0.3, -0.25) is 0 Å². The van der Waals surface area contributed by atoms with Crippen LogP contribution in [0.15, 0.2) is 77.6 Å². The van der Waals surface area contributed by atoms with E-state index in [1.54, 1.807) is 23.7 Å². The van der Waals surface area contributed by atoms with E-state index in [-0.39, 0.29) is 24.0 Å². The molecule has 3 heteroatoms. The maximum absolute atomic E-state index is 4.58. The SMILES string of the molecule is CCCC[N+](CCCC)(CCCC)CCCC.[I-].c1ccc2c(c1)ccc1c3c(ccc12)CCCC3.c1ccoc1. The van der Waals surface area contributed by atoms with Gasteiger partial charge >= 0.3 is 0 Å². The first-order valence-electron chi connectivity index (χ1n) is 16.4. The van der Waals surface area contributed by atoms with Gasteiger partial charge in [0.05, 0.1) is 38.7 Å². The van der Waals surface area contributed by atoms with Crippen LogP contribution in [0.25, 0.3) is 21.5 Å². The van der Waals surface area contributed by atoms with Crippen LogP contribution < -0.4 is 24.0 Å². The van der Waals surface area contributed by atoms with Gasteiger partial charge < -0.3 is 32.9 Å². The van der Waals surface area contributed by atoms with Gasteiger partial charge in [-0.15, -0.1) is 0 Å². The molecule has 41 heavy (non-hydrogen) atoms. The number of furan rings is 1. The van der Waals surface area contributed by atoms with Crippen molar-refractivity contribution in [2.24, 2.45) is 0 Å². The molecule has 2 nitrogen and oxygen atoms in total. The third kappa shape index (κ3) is 11.1. The van der Waals surface area contributed by atoms with Gasteiger partial charge in [-0.25, -0.2) is 0 Å². The second kappa shape index (κ2) is 20.1. The number of hydrogen-bond acceptors (Lipinski definition) is 1. The Balaban J connectivity index is 0.000000241. The Hall–Kier alpha value is -1.85. The molecule has 0 bridgehead atoms. The quantitative estimate of drug-likeness (QED) is 0.0844. The van der Waals surface area contributed by atoms with E-state index < -0.39 is 0 Å². The maximum Gasteiger partial charge on any atom is 0.0902 e. The molecule has 0 aliphatic heterocycles. The minimum Gasteiger partial charge on any atom is -1.00 e. The van der Waals surface area contributed by atoms with Gasteiger partial charge in [-0.05, 0) is 96.2 Å². The molecule has 3 aromatic carbocycles. The number of halogens is 1. The average Bonchev–Trinajstić information content (AvgIpc) is 3.61. The Kier molecular flexibility index (Phi) is 17.3. The van der Waals surface area contributed by atoms with E-state index in [1.807, 2.05) is 12.1 Å². The van der Waals surface area contributed by atoms with E-state index in [0.717, 1.165) is 0 Å². The van der Waals surface area contributed by atoms with Crippen LogP contribution in [-0.4, -0.2) is 30.7 Å². The van der Waals surface area contributed by atoms with Crippen molar-refractivity contribution in [1.29, 1.82) is 0 Å². The van der Waals surface area contributed by atoms with E-state index in [9.17, 15) is 0 Å². The van der Waals surface area contributed by atoms with E-state index in [0.29, 0.717) is 0 Å². The summed E-state index contributed by atoms with van der Waals surface area (Å²) in [5, 5.41) is 5.64. The normalized spacial score (nSPS) is 12.5. The van der Waals surface area contributed by atoms with Crippen molar-refractivity contribution < 1.29 is 32.9 Å². The van der Waals surface area contributed by atoms with Crippen LogP contribution in [-0.2, 0) is 12.8 Å². The van der Waals surface area contributed by atoms with Gasteiger partial charge in [0.1, 0.15) is 0 Å². The Morgan fingerprint density at radius 2 is 1.10 bits per heavy atom. The van der Waals surface area contributed by atoms with Gasteiger partial charge in [0.2, 0.25) is 0 Å². The highest BCUT2D eigenvalue weighted by Crippen LogP contribution is 2.33. The first kappa shape index (κ1) is 35.3. The van der Waals surface area contributed by atoms with Gasteiger partial charge in [-0.2, -0.15) is 0 Å². The molecule has 1 heterocycles. The van der Waals surface area contributed by atoms with Crippen molar-refractivity contribution >= 4 is 21.5 Å². The second-order valence-corrected chi connectivity index (χ2v) is 11.7. The Labute approximate surface area is 268 Å². The standard InChI is InChI=1S/C18H16.C16H36N.C4H4O.HI/c1-3-7-15-13(5-1)9-11-18-16-8-4-2-6-14(16)10-12-17(15)18;1-5-9-13-17(14-10-6-2,15-11-7-3)16-12-8-4;1-2-4-5-3-1;/h1,3,5,7,9-12H,2,4,6,8H2;5-16H2,1-4H3;1-4H;1H/q;+1;;/p-1. The van der Waals surface area contributed by atoms with Crippen LogP contribution >= 0.6 is 0 Å². The molecule has 1 aliphatic rings. The zero-order valence-corrected chi connectivity index (χ0v) is 28.6. The molecule has 0 saturated heterocycles. The van der Waals surface area contributed by atoms with Crippen LogP contribution in [0.2, 0.25) is 0 Å². The van der Waals surface area contributed by atoms with Gasteiger partial charge in [0.15, 0.2) is 0 Å². The van der Waals surface area contributed by atoms with Crippen molar-refractivity contribution in [2.75, 3.05) is 26.2 Å². The Morgan fingerprint density at radius 3 is 1.63 bits per heavy atom. The van der Waals surface area contributed by atoms with Crippen LogP contribution in [0, 0.1) is 0 Å². The molecule has 1 aliphatic carbocycles. The zero-order chi connectivity index (χ0) is 28.5. The molecule has 0 radical (unpaired) electrons. The number of rotatable bonds is 12. The molecule has 1 aromatic heterocycles. The number of fused-ring (bicyclic) bond motifs is 5. The summed E-state index contributed by atoms with van der Waals surface area (Å²) >= 11 is 0. The zero-order valence-electron chi connectivity index (χ0n) is 26.5. The van der Waals surface area contributed by atoms with Crippen molar-refractivity contribution in [3.63, 3.8) is 0 Å². The van der Waals surface area contributed by atoms with Crippen LogP contribution in [0.3, 0.4) is 0 Å². The molecule has 0 amide bonds. The first-order valence-corrected chi connectivity index (χ1v) is 16.4. The monoisotopic (exact) mass is 669 g/mol. The Morgan fingerprint density at radius 1 is 0.561 bits per heavy atom. The summed E-state index contributed by atoms with van der Waals surface area (Å²) in [4.78, 5) is 0. The van der Waals surface area contributed by atoms with Crippen molar-refractivity contribution in [1.82, 2.24) is 0 Å². The van der Waals surface area contributed by atoms with Gasteiger partial charge in [0, 0.05) is 0 Å². The molecule has 0 unspecified atom stereocenters. The summed E-state index contributed by atoms with van der Waals surface area (Å²) in [6.07, 6.45) is 19.5. The van der Waals surface area contributed by atoms with E-state index in [1.165, 1.54) is 129 Å². The molecular formula is C38H56INO. The second-order valence-electron chi connectivity index (χ2n) is 11.7. The first-order chi connectivity index (χ1) is 19.7. The maximum atomic E-state index is 4.58. The summed E-state index contributed by atoms with van der Waals surface area (Å²) in [5.41, 5.74) is 3.17. The number of nitrogens with zero attached hydrogens (tertiary/aromatic N) is 1. The minimum absolute atomic E-state index is 0. The van der Waals surface area contributed by atoms with Crippen molar-refractivity contribution in [2.45, 2.75) is 105 Å². The largest absolute Gasteiger partial charge is 1.00 e. The van der Waals surface area contributed by atoms with Crippen molar-refractivity contribution in [3.8, 4) is 0 Å². The molecule has 0 fully saturated rings. The molecular weight excluding hydrogens is 613 g/mol. The Bertz CT molecular complexity index is 1160. The van der Waals surface area contributed by atoms with Crippen LogP contribution in [0.1, 0.15) is 103 Å². The van der Waals surface area contributed by atoms with E-state index in [4.69, 9.17) is 0 Å². The fourth-order valence-electron chi connectivity index (χ4n) is 6.21. The number of quaternary nitrogens is 1. The number of hydrogen-bond donors (Lipinski definition) is 0. The molecule has 4 aromatic rings. The molecule has 0 saturated carbocycles. The highest BCUT2D eigenvalue weighted by atomic mass is 127. The number of unbranched alkanes of at least 4 members (excludes halogenated alkanes) is 4. The van der Waals surface area contributed by atoms with Gasteiger partial charge in [-0.1, -0.05) is 102 Å². The third-order valence-electron chi connectivity index (χ3n) is 8.63. The minimum atomic E-state index is 0. The van der Waals surface area contributed by atoms with E-state index >= 15 is 0 Å². The van der Waals surface area contributed by atoms with Gasteiger partial charge in [0.25, 0.3) is 0 Å². The lowest BCUT2D eigenvalue weighted by Crippen LogP contribution is -3.00. The molecule has 0 N–H and O–H groups in total. The summed E-state index contributed by atoms with van der Waals surface area (Å²) in [6, 6.07) is 21.6. The third-order valence-corrected chi connectivity index (χ3v) is 8.63. The fraction of sp³-hybridized carbons (Fsp3) is 0.526. The van der Waals surface area contributed by atoms with E-state index in [2.05, 4.69) is 80.6 Å². The smallest absolute Gasteiger partial charge is 0.0902 e. The van der Waals surface area contributed by atoms with Crippen LogP contribution in [0.4, 0.5) is 0 Å². The number of benzene rings is 3. The fourth-order valence-corrected chi connectivity index (χ4v) is 6.21. The summed E-state index contributed by atoms with van der Waals surface area (Å²) in [5.74, 6) is 0. The predicted octanol–water partition coefficient (Wildman–Crippen LogP) is 8.16. The topological polar surface area (TPSA) is 13.1 Å². The highest BCUT2D eigenvalue weighted by molar-refractivity contribution is 6.08. The molecule has 226 valence electrons.